The highest BCUT2D eigenvalue weighted by atomic mass is 16.6. The first-order chi connectivity index (χ1) is 15.7. The van der Waals surface area contributed by atoms with Crippen LogP contribution in [0.1, 0.15) is 0 Å². The van der Waals surface area contributed by atoms with Crippen molar-refractivity contribution in [2.45, 2.75) is 0 Å². The molecule has 2 aromatic carbocycles. The van der Waals surface area contributed by atoms with E-state index in [-0.39, 0.29) is 0 Å². The molecular formula is C24H26N4O4. The van der Waals surface area contributed by atoms with E-state index in [9.17, 15) is 0 Å². The Labute approximate surface area is 186 Å². The van der Waals surface area contributed by atoms with Crippen molar-refractivity contribution in [3.63, 3.8) is 0 Å². The van der Waals surface area contributed by atoms with Gasteiger partial charge in [0.25, 0.3) is 0 Å². The molecule has 0 aliphatic carbocycles. The second-order valence-corrected chi connectivity index (χ2v) is 7.05. The molecule has 0 radical (unpaired) electrons. The van der Waals surface area contributed by atoms with Crippen LogP contribution in [-0.4, -0.2) is 49.6 Å². The van der Waals surface area contributed by atoms with Gasteiger partial charge in [-0.3, -0.25) is 0 Å². The second kappa shape index (κ2) is 10.6. The van der Waals surface area contributed by atoms with E-state index in [0.29, 0.717) is 62.8 Å². The summed E-state index contributed by atoms with van der Waals surface area (Å²) in [6, 6.07) is 18.9. The monoisotopic (exact) mass is 434 g/mol. The molecule has 0 spiro atoms. The molecule has 0 saturated carbocycles. The fourth-order valence-electron chi connectivity index (χ4n) is 3.31. The van der Waals surface area contributed by atoms with Gasteiger partial charge in [-0.25, -0.2) is 9.97 Å². The zero-order valence-electron chi connectivity index (χ0n) is 17.7. The number of ether oxygens (including phenoxy) is 4. The number of pyridine rings is 2. The lowest BCUT2D eigenvalue weighted by molar-refractivity contribution is 0.0276. The first kappa shape index (κ1) is 21.6. The summed E-state index contributed by atoms with van der Waals surface area (Å²) in [5, 5.41) is 1.85. The third-order valence-electron chi connectivity index (χ3n) is 4.74. The van der Waals surface area contributed by atoms with E-state index in [1.54, 1.807) is 12.1 Å². The molecule has 4 rings (SSSR count). The molecule has 0 amide bonds. The molecule has 0 saturated heterocycles. The number of hydrogen-bond donors (Lipinski definition) is 2. The molecule has 4 N–H and O–H groups in total. The zero-order chi connectivity index (χ0) is 22.2. The highest BCUT2D eigenvalue weighted by Gasteiger charge is 2.06. The van der Waals surface area contributed by atoms with E-state index in [1.807, 2.05) is 48.5 Å². The summed E-state index contributed by atoms with van der Waals surface area (Å²) in [6.07, 6.45) is 0. The molecule has 2 heterocycles. The van der Waals surface area contributed by atoms with Crippen molar-refractivity contribution in [1.82, 2.24) is 9.97 Å². The van der Waals surface area contributed by atoms with Crippen LogP contribution in [0.5, 0.6) is 11.5 Å². The lowest BCUT2D eigenvalue weighted by Crippen LogP contribution is -2.13. The smallest absolute Gasteiger partial charge is 0.132 e. The van der Waals surface area contributed by atoms with Gasteiger partial charge in [-0.05, 0) is 24.3 Å². The number of benzene rings is 2. The van der Waals surface area contributed by atoms with Crippen molar-refractivity contribution in [2.75, 3.05) is 51.1 Å². The first-order valence-corrected chi connectivity index (χ1v) is 10.4. The average Bonchev–Trinajstić information content (AvgIpc) is 2.79. The molecule has 0 aliphatic heterocycles. The van der Waals surface area contributed by atoms with E-state index in [4.69, 9.17) is 30.4 Å². The Bertz CT molecular complexity index is 1090. The van der Waals surface area contributed by atoms with E-state index in [1.165, 1.54) is 0 Å². The topological polar surface area (TPSA) is 115 Å². The molecular weight excluding hydrogens is 408 g/mol. The number of aromatic nitrogens is 2. The quantitative estimate of drug-likeness (QED) is 0.345. The third-order valence-corrected chi connectivity index (χ3v) is 4.74. The summed E-state index contributed by atoms with van der Waals surface area (Å²) in [6.45, 7) is 2.64. The lowest BCUT2D eigenvalue weighted by atomic mass is 10.2. The van der Waals surface area contributed by atoms with E-state index in [2.05, 4.69) is 9.97 Å². The number of nitrogens with two attached hydrogens (primary N) is 2. The maximum absolute atomic E-state index is 5.85. The number of hydrogen-bond acceptors (Lipinski definition) is 8. The van der Waals surface area contributed by atoms with Gasteiger partial charge in [0, 0.05) is 22.9 Å². The fourth-order valence-corrected chi connectivity index (χ4v) is 3.31. The molecule has 0 unspecified atom stereocenters. The van der Waals surface area contributed by atoms with Crippen LogP contribution in [0.3, 0.4) is 0 Å². The third kappa shape index (κ3) is 5.54. The van der Waals surface area contributed by atoms with Crippen LogP contribution in [0.25, 0.3) is 21.8 Å². The molecule has 0 fully saturated rings. The Morgan fingerprint density at radius 3 is 1.44 bits per heavy atom. The zero-order valence-corrected chi connectivity index (χ0v) is 17.7. The largest absolute Gasteiger partial charge is 0.490 e. The highest BCUT2D eigenvalue weighted by Crippen LogP contribution is 2.27. The molecule has 0 aliphatic rings. The molecule has 32 heavy (non-hydrogen) atoms. The van der Waals surface area contributed by atoms with Gasteiger partial charge >= 0.3 is 0 Å². The normalized spacial score (nSPS) is 11.1. The van der Waals surface area contributed by atoms with E-state index >= 15 is 0 Å². The molecule has 166 valence electrons. The minimum absolute atomic E-state index is 0.410. The maximum Gasteiger partial charge on any atom is 0.132 e. The Morgan fingerprint density at radius 1 is 0.562 bits per heavy atom. The molecule has 0 bridgehead atoms. The minimum Gasteiger partial charge on any atom is -0.490 e. The van der Waals surface area contributed by atoms with Crippen LogP contribution >= 0.6 is 0 Å². The standard InChI is InChI=1S/C24H26N4O4/c25-23-15-21(17-5-1-3-7-19(17)27-23)31-13-11-29-9-10-30-12-14-32-22-16-24(26)28-20-8-4-2-6-18(20)22/h1-8,15-16H,9-14H2,(H2,25,27)(H2,26,28). The molecule has 4 aromatic rings. The summed E-state index contributed by atoms with van der Waals surface area (Å²) < 4.78 is 22.8. The summed E-state index contributed by atoms with van der Waals surface area (Å²) in [5.74, 6) is 2.26. The van der Waals surface area contributed by atoms with Gasteiger partial charge in [-0.1, -0.05) is 24.3 Å². The van der Waals surface area contributed by atoms with E-state index < -0.39 is 0 Å². The van der Waals surface area contributed by atoms with Crippen molar-refractivity contribution < 1.29 is 18.9 Å². The Morgan fingerprint density at radius 2 is 0.969 bits per heavy atom. The lowest BCUT2D eigenvalue weighted by Gasteiger charge is -2.11. The van der Waals surface area contributed by atoms with Crippen molar-refractivity contribution in [1.29, 1.82) is 0 Å². The Balaban J connectivity index is 1.11. The predicted octanol–water partition coefficient (Wildman–Crippen LogP) is 3.44. The van der Waals surface area contributed by atoms with Crippen molar-refractivity contribution in [3.8, 4) is 11.5 Å². The van der Waals surface area contributed by atoms with Crippen LogP contribution in [0.15, 0.2) is 60.7 Å². The van der Waals surface area contributed by atoms with E-state index in [0.717, 1.165) is 21.8 Å². The van der Waals surface area contributed by atoms with Crippen molar-refractivity contribution in [2.24, 2.45) is 0 Å². The molecule has 8 heteroatoms. The Hall–Kier alpha value is -3.62. The first-order valence-electron chi connectivity index (χ1n) is 10.4. The summed E-state index contributed by atoms with van der Waals surface area (Å²) in [5.41, 5.74) is 13.3. The molecule has 0 atom stereocenters. The number of para-hydroxylation sites is 2. The number of fused-ring (bicyclic) bond motifs is 2. The van der Waals surface area contributed by atoms with Crippen molar-refractivity contribution >= 4 is 33.4 Å². The average molecular weight is 434 g/mol. The van der Waals surface area contributed by atoms with Gasteiger partial charge in [0.15, 0.2) is 0 Å². The number of nitrogens with zero attached hydrogens (tertiary/aromatic N) is 2. The van der Waals surface area contributed by atoms with Crippen LogP contribution in [0.4, 0.5) is 11.6 Å². The molecule has 2 aromatic heterocycles. The molecule has 8 nitrogen and oxygen atoms in total. The van der Waals surface area contributed by atoms with Gasteiger partial charge in [-0.2, -0.15) is 0 Å². The number of anilines is 2. The minimum atomic E-state index is 0.410. The fraction of sp³-hybridized carbons (Fsp3) is 0.250. The van der Waals surface area contributed by atoms with Crippen LogP contribution in [0, 0.1) is 0 Å². The number of nitrogen functional groups attached to an aromatic ring is 2. The predicted molar refractivity (Wildman–Crippen MR) is 125 cm³/mol. The number of rotatable bonds is 11. The van der Waals surface area contributed by atoms with Crippen LogP contribution in [-0.2, 0) is 9.47 Å². The second-order valence-electron chi connectivity index (χ2n) is 7.05. The summed E-state index contributed by atoms with van der Waals surface area (Å²) >= 11 is 0. The van der Waals surface area contributed by atoms with Gasteiger partial charge in [-0.15, -0.1) is 0 Å². The van der Waals surface area contributed by atoms with Crippen molar-refractivity contribution in [3.05, 3.63) is 60.7 Å². The van der Waals surface area contributed by atoms with Gasteiger partial charge in [0.05, 0.1) is 37.5 Å². The van der Waals surface area contributed by atoms with Crippen LogP contribution in [0.2, 0.25) is 0 Å². The SMILES string of the molecule is Nc1cc(OCCOCCOCCOc2cc(N)nc3ccccc23)c2ccccc2n1. The van der Waals surface area contributed by atoms with Crippen LogP contribution < -0.4 is 20.9 Å². The maximum atomic E-state index is 5.85. The highest BCUT2D eigenvalue weighted by molar-refractivity contribution is 5.87. The Kier molecular flexibility index (Phi) is 7.16. The van der Waals surface area contributed by atoms with Gasteiger partial charge in [0.2, 0.25) is 0 Å². The van der Waals surface area contributed by atoms with Gasteiger partial charge < -0.3 is 30.4 Å². The van der Waals surface area contributed by atoms with Gasteiger partial charge in [0.1, 0.15) is 36.3 Å². The summed E-state index contributed by atoms with van der Waals surface area (Å²) in [4.78, 5) is 8.60. The summed E-state index contributed by atoms with van der Waals surface area (Å²) in [7, 11) is 0.